The third-order valence-electron chi connectivity index (χ3n) is 7.73. The van der Waals surface area contributed by atoms with Gasteiger partial charge in [0.25, 0.3) is 5.91 Å². The smallest absolute Gasteiger partial charge is 0.251 e. The van der Waals surface area contributed by atoms with Crippen molar-refractivity contribution in [2.24, 2.45) is 5.73 Å². The number of fused-ring (bicyclic) bond motifs is 2. The maximum absolute atomic E-state index is 12.6. The maximum Gasteiger partial charge on any atom is 0.251 e. The molecule has 3 N–H and O–H groups in total. The monoisotopic (exact) mass is 582 g/mol. The second-order valence-corrected chi connectivity index (χ2v) is 11.2. The average molecular weight is 583 g/mol. The summed E-state index contributed by atoms with van der Waals surface area (Å²) in [6.45, 7) is 4.60. The number of benzene rings is 2. The zero-order valence-corrected chi connectivity index (χ0v) is 23.0. The van der Waals surface area contributed by atoms with E-state index in [9.17, 15) is 9.90 Å². The van der Waals surface area contributed by atoms with Crippen molar-refractivity contribution in [2.45, 2.75) is 44.4 Å². The van der Waals surface area contributed by atoms with Gasteiger partial charge in [0.2, 0.25) is 0 Å². The largest absolute Gasteiger partial charge is 0.487 e. The summed E-state index contributed by atoms with van der Waals surface area (Å²) < 4.78 is 18.5. The van der Waals surface area contributed by atoms with Gasteiger partial charge in [-0.2, -0.15) is 0 Å². The predicted molar refractivity (Wildman–Crippen MR) is 147 cm³/mol. The number of piperidine rings is 1. The topological polar surface area (TPSA) is 114 Å². The molecule has 1 amide bonds. The Balaban J connectivity index is 1.31. The minimum absolute atomic E-state index is 0.0193. The Morgan fingerprint density at radius 2 is 2.00 bits per heavy atom. The number of rotatable bonds is 5. The SMILES string of the molecule is Cc1ccc2oc(C3CCN(C4=C(C(N)=O)C(O)N(C)c5cc(OC6CCOC6)c(Br)cc54)CC3)nc2c1. The molecule has 3 aliphatic heterocycles. The van der Waals surface area contributed by atoms with Gasteiger partial charge >= 0.3 is 0 Å². The summed E-state index contributed by atoms with van der Waals surface area (Å²) in [4.78, 5) is 21.2. The van der Waals surface area contributed by atoms with Crippen LogP contribution in [0.5, 0.6) is 5.75 Å². The second kappa shape index (κ2) is 9.91. The Kier molecular flexibility index (Phi) is 6.57. The van der Waals surface area contributed by atoms with Crippen molar-refractivity contribution in [3.05, 3.63) is 57.4 Å². The number of nitrogens with two attached hydrogens (primary N) is 1. The lowest BCUT2D eigenvalue weighted by atomic mass is 9.91. The highest BCUT2D eigenvalue weighted by Gasteiger charge is 2.38. The van der Waals surface area contributed by atoms with E-state index in [1.807, 2.05) is 37.3 Å². The van der Waals surface area contributed by atoms with Gasteiger partial charge in [0.15, 0.2) is 17.7 Å². The molecule has 2 unspecified atom stereocenters. The zero-order valence-electron chi connectivity index (χ0n) is 21.4. The molecule has 10 heteroatoms. The van der Waals surface area contributed by atoms with E-state index in [1.54, 1.807) is 11.9 Å². The molecule has 3 aromatic rings. The van der Waals surface area contributed by atoms with Gasteiger partial charge < -0.3 is 34.5 Å². The normalized spacial score (nSPS) is 22.3. The van der Waals surface area contributed by atoms with Gasteiger partial charge in [0.1, 0.15) is 17.4 Å². The molecular weight excluding hydrogens is 552 g/mol. The molecule has 200 valence electrons. The van der Waals surface area contributed by atoms with Crippen molar-refractivity contribution in [3.63, 3.8) is 0 Å². The summed E-state index contributed by atoms with van der Waals surface area (Å²) in [5.41, 5.74) is 11.1. The fourth-order valence-corrected chi connectivity index (χ4v) is 6.09. The summed E-state index contributed by atoms with van der Waals surface area (Å²) in [5.74, 6) is 0.952. The molecule has 2 saturated heterocycles. The van der Waals surface area contributed by atoms with Crippen molar-refractivity contribution in [1.29, 1.82) is 0 Å². The van der Waals surface area contributed by atoms with Crippen LogP contribution in [-0.4, -0.2) is 66.6 Å². The minimum atomic E-state index is -1.17. The van der Waals surface area contributed by atoms with Crippen molar-refractivity contribution in [3.8, 4) is 5.75 Å². The van der Waals surface area contributed by atoms with Crippen LogP contribution in [0.3, 0.4) is 0 Å². The van der Waals surface area contributed by atoms with E-state index in [0.717, 1.165) is 57.5 Å². The first kappa shape index (κ1) is 25.2. The van der Waals surface area contributed by atoms with Gasteiger partial charge in [-0.15, -0.1) is 0 Å². The van der Waals surface area contributed by atoms with Gasteiger partial charge in [-0.3, -0.25) is 4.79 Å². The zero-order chi connectivity index (χ0) is 26.6. The van der Waals surface area contributed by atoms with Crippen molar-refractivity contribution in [1.82, 2.24) is 9.88 Å². The highest BCUT2D eigenvalue weighted by molar-refractivity contribution is 9.10. The minimum Gasteiger partial charge on any atom is -0.487 e. The number of carbonyl (C=O) groups excluding carboxylic acids is 1. The van der Waals surface area contributed by atoms with Gasteiger partial charge in [-0.25, -0.2) is 4.98 Å². The molecule has 1 aromatic heterocycles. The third-order valence-corrected chi connectivity index (χ3v) is 8.35. The van der Waals surface area contributed by atoms with Crippen LogP contribution >= 0.6 is 15.9 Å². The number of primary amides is 1. The van der Waals surface area contributed by atoms with Crippen LogP contribution in [0.1, 0.15) is 42.2 Å². The molecule has 2 atom stereocenters. The molecule has 2 aromatic carbocycles. The third kappa shape index (κ3) is 4.44. The first-order valence-electron chi connectivity index (χ1n) is 13.0. The van der Waals surface area contributed by atoms with E-state index in [4.69, 9.17) is 24.6 Å². The number of aliphatic hydroxyl groups is 1. The number of likely N-dealkylation sites (tertiary alicyclic amines) is 1. The van der Waals surface area contributed by atoms with Gasteiger partial charge in [0.05, 0.1) is 34.6 Å². The van der Waals surface area contributed by atoms with E-state index >= 15 is 0 Å². The Morgan fingerprint density at radius 1 is 1.21 bits per heavy atom. The number of hydrogen-bond donors (Lipinski definition) is 2. The van der Waals surface area contributed by atoms with Gasteiger partial charge in [-0.1, -0.05) is 6.07 Å². The number of hydrogen-bond acceptors (Lipinski definition) is 8. The number of aryl methyl sites for hydroxylation is 1. The number of anilines is 1. The van der Waals surface area contributed by atoms with Crippen LogP contribution in [0.15, 0.2) is 44.8 Å². The average Bonchev–Trinajstić information content (AvgIpc) is 3.56. The van der Waals surface area contributed by atoms with Crippen LogP contribution < -0.4 is 15.4 Å². The standard InChI is InChI=1S/C28H31BrN4O5/c1-15-3-4-22-20(11-15)31-27(38-22)16-5-8-33(9-6-16)25-18-12-19(29)23(37-17-7-10-36-14-17)13-21(18)32(2)28(35)24(25)26(30)34/h3-4,11-13,16-17,28,35H,5-10,14H2,1-2H3,(H2,30,34). The van der Waals surface area contributed by atoms with Crippen LogP contribution in [-0.2, 0) is 9.53 Å². The van der Waals surface area contributed by atoms with Crippen molar-refractivity contribution < 1.29 is 23.8 Å². The van der Waals surface area contributed by atoms with Gasteiger partial charge in [-0.05, 0) is 59.5 Å². The number of ether oxygens (including phenoxy) is 2. The lowest BCUT2D eigenvalue weighted by molar-refractivity contribution is -0.115. The molecular formula is C28H31BrN4O5. The van der Waals surface area contributed by atoms with Gasteiger partial charge in [0, 0.05) is 44.1 Å². The molecule has 3 aliphatic rings. The fourth-order valence-electron chi connectivity index (χ4n) is 5.66. The number of likely N-dealkylation sites (N-methyl/N-ethyl adjacent to an activating group) is 1. The number of oxazole rings is 1. The Bertz CT molecular complexity index is 1420. The number of amides is 1. The quantitative estimate of drug-likeness (QED) is 0.465. The van der Waals surface area contributed by atoms with E-state index in [0.29, 0.717) is 37.7 Å². The van der Waals surface area contributed by atoms with Crippen LogP contribution in [0, 0.1) is 6.92 Å². The Hall–Kier alpha value is -3.08. The van der Waals surface area contributed by atoms with Crippen LogP contribution in [0.2, 0.25) is 0 Å². The summed E-state index contributed by atoms with van der Waals surface area (Å²) >= 11 is 3.66. The van der Waals surface area contributed by atoms with E-state index in [-0.39, 0.29) is 17.6 Å². The predicted octanol–water partition coefficient (Wildman–Crippen LogP) is 3.91. The van der Waals surface area contributed by atoms with Crippen molar-refractivity contribution in [2.75, 3.05) is 38.3 Å². The maximum atomic E-state index is 12.6. The van der Waals surface area contributed by atoms with Crippen LogP contribution in [0.25, 0.3) is 16.8 Å². The highest BCUT2D eigenvalue weighted by atomic mass is 79.9. The molecule has 6 rings (SSSR count). The fraction of sp³-hybridized carbons (Fsp3) is 0.429. The highest BCUT2D eigenvalue weighted by Crippen LogP contribution is 2.45. The van der Waals surface area contributed by atoms with Crippen molar-refractivity contribution >= 4 is 44.3 Å². The number of halogens is 1. The first-order chi connectivity index (χ1) is 18.3. The summed E-state index contributed by atoms with van der Waals surface area (Å²) in [5, 5.41) is 11.2. The molecule has 0 radical (unpaired) electrons. The molecule has 0 spiro atoms. The number of aliphatic hydroxyl groups excluding tert-OH is 1. The van der Waals surface area contributed by atoms with E-state index in [1.165, 1.54) is 0 Å². The number of carbonyl (C=O) groups is 1. The molecule has 0 aliphatic carbocycles. The Morgan fingerprint density at radius 3 is 2.71 bits per heavy atom. The first-order valence-corrected chi connectivity index (χ1v) is 13.7. The molecule has 4 heterocycles. The number of nitrogens with zero attached hydrogens (tertiary/aromatic N) is 3. The van der Waals surface area contributed by atoms with E-state index < -0.39 is 12.1 Å². The lowest BCUT2D eigenvalue weighted by Crippen LogP contribution is -2.45. The van der Waals surface area contributed by atoms with E-state index in [2.05, 4.69) is 20.8 Å². The molecule has 9 nitrogen and oxygen atoms in total. The molecule has 0 saturated carbocycles. The summed E-state index contributed by atoms with van der Waals surface area (Å²) in [7, 11) is 1.75. The Labute approximate surface area is 229 Å². The summed E-state index contributed by atoms with van der Waals surface area (Å²) in [6, 6.07) is 9.89. The summed E-state index contributed by atoms with van der Waals surface area (Å²) in [6.07, 6.45) is 1.23. The second-order valence-electron chi connectivity index (χ2n) is 10.3. The lowest BCUT2D eigenvalue weighted by Gasteiger charge is -2.42. The molecule has 2 fully saturated rings. The molecule has 38 heavy (non-hydrogen) atoms. The molecule has 0 bridgehead atoms. The van der Waals surface area contributed by atoms with Crippen LogP contribution in [0.4, 0.5) is 5.69 Å². The number of aromatic nitrogens is 1.